The maximum Gasteiger partial charge on any atom is 0.223 e. The number of benzene rings is 1. The highest BCUT2D eigenvalue weighted by Gasteiger charge is 2.21. The van der Waals surface area contributed by atoms with Crippen LogP contribution in [0, 0.1) is 5.92 Å². The standard InChI is InChI=1S/C26H41N3O/c1-2-3-4-5-6-7-8-9-15-20-29-24-19-14-13-18-23(24)28-25(29)21-27-26(30)22-16-11-10-12-17-22/h13-14,18-19,22H,2-12,15-17,20-21H2,1H3,(H,27,30). The molecule has 1 amide bonds. The number of carbonyl (C=O) groups excluding carboxylic acids is 1. The molecule has 1 aromatic carbocycles. The average molecular weight is 412 g/mol. The van der Waals surface area contributed by atoms with Gasteiger partial charge in [-0.3, -0.25) is 4.79 Å². The van der Waals surface area contributed by atoms with Crippen molar-refractivity contribution >= 4 is 16.9 Å². The van der Waals surface area contributed by atoms with Crippen molar-refractivity contribution in [1.82, 2.24) is 14.9 Å². The first-order chi connectivity index (χ1) is 14.8. The number of aromatic nitrogens is 2. The zero-order chi connectivity index (χ0) is 21.0. The van der Waals surface area contributed by atoms with Gasteiger partial charge in [-0.15, -0.1) is 0 Å². The van der Waals surface area contributed by atoms with Crippen molar-refractivity contribution in [1.29, 1.82) is 0 Å². The molecule has 0 aliphatic heterocycles. The number of nitrogens with one attached hydrogen (secondary N) is 1. The van der Waals surface area contributed by atoms with E-state index in [9.17, 15) is 4.79 Å². The van der Waals surface area contributed by atoms with E-state index < -0.39 is 0 Å². The first-order valence-corrected chi connectivity index (χ1v) is 12.5. The summed E-state index contributed by atoms with van der Waals surface area (Å²) in [4.78, 5) is 17.4. The van der Waals surface area contributed by atoms with Gasteiger partial charge < -0.3 is 9.88 Å². The lowest BCUT2D eigenvalue weighted by molar-refractivity contribution is -0.126. The quantitative estimate of drug-likeness (QED) is 0.370. The summed E-state index contributed by atoms with van der Waals surface area (Å²) in [7, 11) is 0. The Morgan fingerprint density at radius 1 is 0.967 bits per heavy atom. The highest BCUT2D eigenvalue weighted by molar-refractivity contribution is 5.79. The molecule has 3 rings (SSSR count). The maximum absolute atomic E-state index is 12.6. The number of amides is 1. The molecular weight excluding hydrogens is 370 g/mol. The lowest BCUT2D eigenvalue weighted by Crippen LogP contribution is -2.32. The fraction of sp³-hybridized carbons (Fsp3) is 0.692. The molecule has 1 N–H and O–H groups in total. The number of hydrogen-bond acceptors (Lipinski definition) is 2. The summed E-state index contributed by atoms with van der Waals surface area (Å²) in [5.74, 6) is 1.42. The number of aryl methyl sites for hydroxylation is 1. The van der Waals surface area contributed by atoms with E-state index >= 15 is 0 Å². The average Bonchev–Trinajstić information content (AvgIpc) is 3.14. The number of nitrogens with zero attached hydrogens (tertiary/aromatic N) is 2. The molecule has 2 aromatic rings. The van der Waals surface area contributed by atoms with Gasteiger partial charge in [0.2, 0.25) is 5.91 Å². The van der Waals surface area contributed by atoms with Crippen LogP contribution in [0.4, 0.5) is 0 Å². The van der Waals surface area contributed by atoms with Gasteiger partial charge in [-0.05, 0) is 31.4 Å². The van der Waals surface area contributed by atoms with E-state index in [1.807, 2.05) is 6.07 Å². The van der Waals surface area contributed by atoms with Crippen LogP contribution >= 0.6 is 0 Å². The van der Waals surface area contributed by atoms with Gasteiger partial charge in [0.05, 0.1) is 17.6 Å². The third-order valence-electron chi connectivity index (χ3n) is 6.62. The van der Waals surface area contributed by atoms with Crippen molar-refractivity contribution in [2.24, 2.45) is 5.92 Å². The lowest BCUT2D eigenvalue weighted by Gasteiger charge is -2.20. The predicted octanol–water partition coefficient (Wildman–Crippen LogP) is 6.76. The van der Waals surface area contributed by atoms with Crippen molar-refractivity contribution < 1.29 is 4.79 Å². The highest BCUT2D eigenvalue weighted by atomic mass is 16.1. The fourth-order valence-electron chi connectivity index (χ4n) is 4.77. The van der Waals surface area contributed by atoms with Crippen LogP contribution in [-0.4, -0.2) is 15.5 Å². The largest absolute Gasteiger partial charge is 0.349 e. The molecule has 0 bridgehead atoms. The van der Waals surface area contributed by atoms with E-state index in [0.29, 0.717) is 6.54 Å². The topological polar surface area (TPSA) is 46.9 Å². The first kappa shape index (κ1) is 22.8. The van der Waals surface area contributed by atoms with Crippen LogP contribution in [0.25, 0.3) is 11.0 Å². The summed E-state index contributed by atoms with van der Waals surface area (Å²) in [5.41, 5.74) is 2.23. The monoisotopic (exact) mass is 411 g/mol. The van der Waals surface area contributed by atoms with E-state index in [1.165, 1.54) is 82.6 Å². The van der Waals surface area contributed by atoms with Crippen molar-refractivity contribution in [2.45, 2.75) is 110 Å². The van der Waals surface area contributed by atoms with Crippen molar-refractivity contribution in [3.05, 3.63) is 30.1 Å². The zero-order valence-corrected chi connectivity index (χ0v) is 19.0. The van der Waals surface area contributed by atoms with Crippen LogP contribution in [0.5, 0.6) is 0 Å². The van der Waals surface area contributed by atoms with Crippen LogP contribution in [0.2, 0.25) is 0 Å². The van der Waals surface area contributed by atoms with Crippen LogP contribution < -0.4 is 5.32 Å². The molecule has 0 radical (unpaired) electrons. The molecule has 1 aromatic heterocycles. The zero-order valence-electron chi connectivity index (χ0n) is 19.0. The van der Waals surface area contributed by atoms with Crippen LogP contribution in [-0.2, 0) is 17.9 Å². The first-order valence-electron chi connectivity index (χ1n) is 12.5. The summed E-state index contributed by atoms with van der Waals surface area (Å²) >= 11 is 0. The van der Waals surface area contributed by atoms with Crippen molar-refractivity contribution in [2.75, 3.05) is 0 Å². The molecule has 1 aliphatic rings. The normalized spacial score (nSPS) is 15.0. The molecule has 0 unspecified atom stereocenters. The summed E-state index contributed by atoms with van der Waals surface area (Å²) in [6.45, 7) is 3.81. The number of fused-ring (bicyclic) bond motifs is 1. The third kappa shape index (κ3) is 6.85. The van der Waals surface area contributed by atoms with Crippen LogP contribution in [0.3, 0.4) is 0 Å². The number of carbonyl (C=O) groups is 1. The molecule has 1 fully saturated rings. The van der Waals surface area contributed by atoms with Crippen molar-refractivity contribution in [3.8, 4) is 0 Å². The Morgan fingerprint density at radius 2 is 1.63 bits per heavy atom. The minimum Gasteiger partial charge on any atom is -0.349 e. The third-order valence-corrected chi connectivity index (χ3v) is 6.62. The van der Waals surface area contributed by atoms with Crippen LogP contribution in [0.15, 0.2) is 24.3 Å². The van der Waals surface area contributed by atoms with Crippen LogP contribution in [0.1, 0.15) is 103 Å². The fourth-order valence-corrected chi connectivity index (χ4v) is 4.77. The Kier molecular flexibility index (Phi) is 9.72. The van der Waals surface area contributed by atoms with E-state index in [0.717, 1.165) is 30.7 Å². The Morgan fingerprint density at radius 3 is 2.37 bits per heavy atom. The Bertz CT molecular complexity index is 761. The van der Waals surface area contributed by atoms with Gasteiger partial charge in [-0.1, -0.05) is 89.7 Å². The molecule has 1 aliphatic carbocycles. The van der Waals surface area contributed by atoms with E-state index in [-0.39, 0.29) is 11.8 Å². The van der Waals surface area contributed by atoms with E-state index in [4.69, 9.17) is 4.98 Å². The minimum absolute atomic E-state index is 0.203. The molecule has 0 atom stereocenters. The summed E-state index contributed by atoms with van der Waals surface area (Å²) < 4.78 is 2.33. The number of unbranched alkanes of at least 4 members (excludes halogenated alkanes) is 8. The lowest BCUT2D eigenvalue weighted by atomic mass is 9.89. The Labute approximate surface area is 182 Å². The summed E-state index contributed by atoms with van der Waals surface area (Å²) in [5, 5.41) is 3.18. The van der Waals surface area contributed by atoms with Gasteiger partial charge in [0, 0.05) is 12.5 Å². The molecule has 0 saturated heterocycles. The van der Waals surface area contributed by atoms with E-state index in [2.05, 4.69) is 35.0 Å². The highest BCUT2D eigenvalue weighted by Crippen LogP contribution is 2.24. The maximum atomic E-state index is 12.6. The predicted molar refractivity (Wildman–Crippen MR) is 125 cm³/mol. The Hall–Kier alpha value is -1.84. The molecule has 1 heterocycles. The second-order valence-corrected chi connectivity index (χ2v) is 9.05. The van der Waals surface area contributed by atoms with Crippen molar-refractivity contribution in [3.63, 3.8) is 0 Å². The molecular formula is C26H41N3O. The number of imidazole rings is 1. The number of para-hydroxylation sites is 2. The summed E-state index contributed by atoms with van der Waals surface area (Å²) in [6, 6.07) is 8.36. The molecule has 1 saturated carbocycles. The van der Waals surface area contributed by atoms with Gasteiger partial charge in [-0.25, -0.2) is 4.98 Å². The second-order valence-electron chi connectivity index (χ2n) is 9.05. The molecule has 4 heteroatoms. The SMILES string of the molecule is CCCCCCCCCCCn1c(CNC(=O)C2CCCCC2)nc2ccccc21. The van der Waals surface area contributed by atoms with Gasteiger partial charge >= 0.3 is 0 Å². The molecule has 166 valence electrons. The second kappa shape index (κ2) is 12.8. The Balaban J connectivity index is 1.48. The molecule has 4 nitrogen and oxygen atoms in total. The van der Waals surface area contributed by atoms with Gasteiger partial charge in [0.25, 0.3) is 0 Å². The van der Waals surface area contributed by atoms with E-state index in [1.54, 1.807) is 0 Å². The molecule has 0 spiro atoms. The van der Waals surface area contributed by atoms with Gasteiger partial charge in [0.15, 0.2) is 0 Å². The number of rotatable bonds is 13. The smallest absolute Gasteiger partial charge is 0.223 e. The molecule has 30 heavy (non-hydrogen) atoms. The summed E-state index contributed by atoms with van der Waals surface area (Å²) in [6.07, 6.45) is 17.8. The van der Waals surface area contributed by atoms with Gasteiger partial charge in [-0.2, -0.15) is 0 Å². The minimum atomic E-state index is 0.203. The number of hydrogen-bond donors (Lipinski definition) is 1. The van der Waals surface area contributed by atoms with Gasteiger partial charge in [0.1, 0.15) is 5.82 Å².